The second kappa shape index (κ2) is 7.63. The molecule has 1 heterocycles. The van der Waals surface area contributed by atoms with Crippen LogP contribution in [0, 0.1) is 11.6 Å². The molecule has 3 rings (SSSR count). The summed E-state index contributed by atoms with van der Waals surface area (Å²) < 4.78 is 26.7. The van der Waals surface area contributed by atoms with Gasteiger partial charge in [0.25, 0.3) is 5.91 Å². The Morgan fingerprint density at radius 1 is 1.04 bits per heavy atom. The monoisotopic (exact) mass is 394 g/mol. The summed E-state index contributed by atoms with van der Waals surface area (Å²) in [5, 5.41) is 5.66. The van der Waals surface area contributed by atoms with Crippen molar-refractivity contribution in [3.05, 3.63) is 76.0 Å². The van der Waals surface area contributed by atoms with Gasteiger partial charge in [0.2, 0.25) is 5.95 Å². The lowest BCUT2D eigenvalue weighted by Gasteiger charge is -2.09. The Hall–Kier alpha value is -2.77. The molecule has 0 bridgehead atoms. The van der Waals surface area contributed by atoms with Crippen LogP contribution < -0.4 is 10.6 Å². The van der Waals surface area contributed by atoms with Gasteiger partial charge in [-0.3, -0.25) is 4.79 Å². The van der Waals surface area contributed by atoms with Crippen LogP contribution in [0.1, 0.15) is 10.5 Å². The van der Waals surface area contributed by atoms with Crippen molar-refractivity contribution < 1.29 is 13.6 Å². The van der Waals surface area contributed by atoms with Crippen molar-refractivity contribution >= 4 is 46.4 Å². The predicted molar refractivity (Wildman–Crippen MR) is 96.1 cm³/mol. The van der Waals surface area contributed by atoms with E-state index in [1.165, 1.54) is 18.3 Å². The van der Waals surface area contributed by atoms with E-state index in [0.717, 1.165) is 12.1 Å². The summed E-state index contributed by atoms with van der Waals surface area (Å²) in [5.41, 5.74) is 0.310. The minimum Gasteiger partial charge on any atom is -0.322 e. The number of halogens is 4. The number of nitrogens with zero attached hydrogens (tertiary/aromatic N) is 2. The lowest BCUT2D eigenvalue weighted by Crippen LogP contribution is -2.15. The van der Waals surface area contributed by atoms with Crippen molar-refractivity contribution in [1.82, 2.24) is 9.97 Å². The van der Waals surface area contributed by atoms with E-state index in [4.69, 9.17) is 23.2 Å². The molecule has 0 unspecified atom stereocenters. The molecule has 132 valence electrons. The zero-order chi connectivity index (χ0) is 18.7. The van der Waals surface area contributed by atoms with E-state index in [2.05, 4.69) is 20.6 Å². The van der Waals surface area contributed by atoms with Crippen molar-refractivity contribution in [2.75, 3.05) is 10.6 Å². The van der Waals surface area contributed by atoms with Crippen LogP contribution in [0.5, 0.6) is 0 Å². The molecule has 0 fully saturated rings. The molecule has 26 heavy (non-hydrogen) atoms. The minimum absolute atomic E-state index is 0.0149. The smallest absolute Gasteiger partial charge is 0.274 e. The Kier molecular flexibility index (Phi) is 5.29. The number of benzene rings is 2. The third-order valence-electron chi connectivity index (χ3n) is 3.27. The molecule has 9 heteroatoms. The molecule has 2 N–H and O–H groups in total. The van der Waals surface area contributed by atoms with E-state index in [1.807, 2.05) is 0 Å². The summed E-state index contributed by atoms with van der Waals surface area (Å²) in [7, 11) is 0. The fourth-order valence-corrected chi connectivity index (χ4v) is 2.39. The zero-order valence-electron chi connectivity index (χ0n) is 12.9. The molecule has 0 saturated carbocycles. The Morgan fingerprint density at radius 3 is 2.62 bits per heavy atom. The van der Waals surface area contributed by atoms with E-state index in [0.29, 0.717) is 10.7 Å². The molecule has 0 aliphatic rings. The SMILES string of the molecule is O=C(Nc1cccc(Cl)c1Cl)c1ccnc(Nc2ccc(F)cc2F)n1. The molecule has 5 nitrogen and oxygen atoms in total. The van der Waals surface area contributed by atoms with Crippen LogP contribution in [-0.4, -0.2) is 15.9 Å². The molecule has 0 radical (unpaired) electrons. The van der Waals surface area contributed by atoms with Crippen LogP contribution >= 0.6 is 23.2 Å². The van der Waals surface area contributed by atoms with Crippen LogP contribution in [0.15, 0.2) is 48.7 Å². The lowest BCUT2D eigenvalue weighted by atomic mass is 10.3. The van der Waals surface area contributed by atoms with Crippen molar-refractivity contribution in [3.8, 4) is 0 Å². The second-order valence-corrected chi connectivity index (χ2v) is 5.86. The van der Waals surface area contributed by atoms with Gasteiger partial charge in [-0.05, 0) is 30.3 Å². The maximum Gasteiger partial charge on any atom is 0.274 e. The zero-order valence-corrected chi connectivity index (χ0v) is 14.4. The minimum atomic E-state index is -0.811. The lowest BCUT2D eigenvalue weighted by molar-refractivity contribution is 0.102. The number of hydrogen-bond donors (Lipinski definition) is 2. The van der Waals surface area contributed by atoms with Crippen LogP contribution in [0.3, 0.4) is 0 Å². The molecule has 3 aromatic rings. The van der Waals surface area contributed by atoms with Gasteiger partial charge in [0, 0.05) is 12.3 Å². The number of nitrogens with one attached hydrogen (secondary N) is 2. The highest BCUT2D eigenvalue weighted by Crippen LogP contribution is 2.29. The molecule has 0 aliphatic heterocycles. The molecule has 0 spiro atoms. The van der Waals surface area contributed by atoms with Crippen molar-refractivity contribution in [3.63, 3.8) is 0 Å². The van der Waals surface area contributed by atoms with Gasteiger partial charge < -0.3 is 10.6 Å². The number of rotatable bonds is 4. The fraction of sp³-hybridized carbons (Fsp3) is 0. The average molecular weight is 395 g/mol. The van der Waals surface area contributed by atoms with Crippen LogP contribution in [0.4, 0.5) is 26.1 Å². The largest absolute Gasteiger partial charge is 0.322 e. The quantitative estimate of drug-likeness (QED) is 0.648. The number of carbonyl (C=O) groups excluding carboxylic acids is 1. The van der Waals surface area contributed by atoms with Gasteiger partial charge in [-0.2, -0.15) is 0 Å². The average Bonchev–Trinajstić information content (AvgIpc) is 2.61. The third kappa shape index (κ3) is 4.07. The summed E-state index contributed by atoms with van der Waals surface area (Å²) in [5.74, 6) is -2.10. The Bertz CT molecular complexity index is 985. The maximum absolute atomic E-state index is 13.7. The summed E-state index contributed by atoms with van der Waals surface area (Å²) in [6, 6.07) is 9.19. The normalized spacial score (nSPS) is 10.5. The fourth-order valence-electron chi connectivity index (χ4n) is 2.04. The summed E-state index contributed by atoms with van der Waals surface area (Å²) in [6.45, 7) is 0. The van der Waals surface area contributed by atoms with Crippen LogP contribution in [0.25, 0.3) is 0 Å². The highest BCUT2D eigenvalue weighted by Gasteiger charge is 2.13. The molecule has 1 aromatic heterocycles. The second-order valence-electron chi connectivity index (χ2n) is 5.07. The molecular formula is C17H10Cl2F2N4O. The number of hydrogen-bond acceptors (Lipinski definition) is 4. The first-order valence-corrected chi connectivity index (χ1v) is 8.00. The van der Waals surface area contributed by atoms with Gasteiger partial charge >= 0.3 is 0 Å². The topological polar surface area (TPSA) is 66.9 Å². The molecule has 0 aliphatic carbocycles. The van der Waals surface area contributed by atoms with Crippen molar-refractivity contribution in [1.29, 1.82) is 0 Å². The maximum atomic E-state index is 13.7. The Morgan fingerprint density at radius 2 is 1.85 bits per heavy atom. The Balaban J connectivity index is 1.80. The van der Waals surface area contributed by atoms with Crippen LogP contribution in [-0.2, 0) is 0 Å². The number of amides is 1. The molecule has 0 atom stereocenters. The van der Waals surface area contributed by atoms with E-state index < -0.39 is 17.5 Å². The van der Waals surface area contributed by atoms with Gasteiger partial charge in [0.15, 0.2) is 0 Å². The van der Waals surface area contributed by atoms with E-state index in [-0.39, 0.29) is 22.4 Å². The van der Waals surface area contributed by atoms with E-state index >= 15 is 0 Å². The van der Waals surface area contributed by atoms with Crippen molar-refractivity contribution in [2.24, 2.45) is 0 Å². The van der Waals surface area contributed by atoms with E-state index in [9.17, 15) is 13.6 Å². The highest BCUT2D eigenvalue weighted by molar-refractivity contribution is 6.44. The summed E-state index contributed by atoms with van der Waals surface area (Å²) in [4.78, 5) is 20.3. The third-order valence-corrected chi connectivity index (χ3v) is 4.08. The first-order valence-electron chi connectivity index (χ1n) is 7.24. The molecule has 1 amide bonds. The number of aromatic nitrogens is 2. The first-order chi connectivity index (χ1) is 12.4. The molecule has 0 saturated heterocycles. The van der Waals surface area contributed by atoms with Gasteiger partial charge in [-0.1, -0.05) is 29.3 Å². The van der Waals surface area contributed by atoms with Gasteiger partial charge in [-0.15, -0.1) is 0 Å². The predicted octanol–water partition coefficient (Wildman–Crippen LogP) is 5.06. The highest BCUT2D eigenvalue weighted by atomic mass is 35.5. The van der Waals surface area contributed by atoms with Crippen molar-refractivity contribution in [2.45, 2.75) is 0 Å². The van der Waals surface area contributed by atoms with Gasteiger partial charge in [0.1, 0.15) is 17.3 Å². The standard InChI is InChI=1S/C17H10Cl2F2N4O/c18-10-2-1-3-13(15(10)19)23-16(26)14-6-7-22-17(25-14)24-12-5-4-9(20)8-11(12)21/h1-8H,(H,23,26)(H,22,24,25). The summed E-state index contributed by atoms with van der Waals surface area (Å²) >= 11 is 11.9. The van der Waals surface area contributed by atoms with Gasteiger partial charge in [-0.25, -0.2) is 18.7 Å². The summed E-state index contributed by atoms with van der Waals surface area (Å²) in [6.07, 6.45) is 1.32. The van der Waals surface area contributed by atoms with Crippen LogP contribution in [0.2, 0.25) is 10.0 Å². The number of carbonyl (C=O) groups is 1. The van der Waals surface area contributed by atoms with Gasteiger partial charge in [0.05, 0.1) is 21.4 Å². The molecule has 2 aromatic carbocycles. The first kappa shape index (κ1) is 18.0. The van der Waals surface area contributed by atoms with E-state index in [1.54, 1.807) is 18.2 Å². The Labute approximate surface area is 157 Å². The number of anilines is 3. The molecular weight excluding hydrogens is 385 g/mol.